The number of amides is 1. The molecule has 31 heavy (non-hydrogen) atoms. The van der Waals surface area contributed by atoms with Crippen LogP contribution in [0.2, 0.25) is 0 Å². The molecule has 0 aromatic heterocycles. The summed E-state index contributed by atoms with van der Waals surface area (Å²) in [6, 6.07) is 3.60. The lowest BCUT2D eigenvalue weighted by Gasteiger charge is -2.19. The third-order valence-corrected chi connectivity index (χ3v) is 4.43. The maximum absolute atomic E-state index is 11.7. The molecule has 0 saturated heterocycles. The summed E-state index contributed by atoms with van der Waals surface area (Å²) in [7, 11) is 3.12. The average Bonchev–Trinajstić information content (AvgIpc) is 2.67. The van der Waals surface area contributed by atoms with E-state index in [0.29, 0.717) is 24.3 Å². The highest BCUT2D eigenvalue weighted by Crippen LogP contribution is 2.32. The smallest absolute Gasteiger partial charge is 0.410 e. The van der Waals surface area contributed by atoms with E-state index in [1.165, 1.54) is 0 Å². The number of benzene rings is 1. The van der Waals surface area contributed by atoms with Crippen molar-refractivity contribution in [2.45, 2.75) is 52.1 Å². The van der Waals surface area contributed by atoms with Crippen LogP contribution in [-0.2, 0) is 30.2 Å². The number of carbonyl (C=O) groups excluding carboxylic acids is 3. The van der Waals surface area contributed by atoms with E-state index in [9.17, 15) is 14.4 Å². The van der Waals surface area contributed by atoms with Crippen LogP contribution in [0, 0.1) is 0 Å². The van der Waals surface area contributed by atoms with Crippen molar-refractivity contribution in [2.75, 3.05) is 27.6 Å². The fourth-order valence-corrected chi connectivity index (χ4v) is 2.94. The van der Waals surface area contributed by atoms with Crippen molar-refractivity contribution in [1.82, 2.24) is 5.32 Å². The van der Waals surface area contributed by atoms with Gasteiger partial charge < -0.3 is 29.0 Å². The fraction of sp³-hybridized carbons (Fsp3) is 0.571. The Morgan fingerprint density at radius 3 is 2.23 bits per heavy atom. The molecule has 0 radical (unpaired) electrons. The van der Waals surface area contributed by atoms with Gasteiger partial charge in [-0.1, -0.05) is 0 Å². The van der Waals surface area contributed by atoms with Crippen LogP contribution >= 0.6 is 15.9 Å². The number of rotatable bonds is 11. The number of alkyl carbamates (subject to hydrolysis) is 1. The normalized spacial score (nSPS) is 10.8. The monoisotopic (exact) mass is 503 g/mol. The number of hydrogen-bond acceptors (Lipinski definition) is 8. The van der Waals surface area contributed by atoms with E-state index in [1.54, 1.807) is 41.1 Å². The minimum atomic E-state index is -0.718. The second-order valence-electron chi connectivity index (χ2n) is 7.48. The van der Waals surface area contributed by atoms with Crippen molar-refractivity contribution in [2.24, 2.45) is 0 Å². The van der Waals surface area contributed by atoms with Crippen molar-refractivity contribution in [3.8, 4) is 11.5 Å². The standard InChI is InChI=1S/C21H30BrNO8/c1-21(2,3)31-19(25)8-6-7-18(24)29-13-30-20(26)23-10-9-14-11-17(28-5)15(22)12-16(14)27-4/h11-12H,6-10,13H2,1-5H3,(H,23,26). The van der Waals surface area contributed by atoms with E-state index >= 15 is 0 Å². The average molecular weight is 504 g/mol. The number of methoxy groups -OCH3 is 2. The van der Waals surface area contributed by atoms with Crippen LogP contribution in [0.1, 0.15) is 45.6 Å². The first-order chi connectivity index (χ1) is 14.6. The molecule has 0 unspecified atom stereocenters. The second-order valence-corrected chi connectivity index (χ2v) is 8.34. The molecule has 0 spiro atoms. The summed E-state index contributed by atoms with van der Waals surface area (Å²) in [5, 5.41) is 2.57. The highest BCUT2D eigenvalue weighted by molar-refractivity contribution is 9.10. The highest BCUT2D eigenvalue weighted by Gasteiger charge is 2.16. The number of carbonyl (C=O) groups is 3. The molecule has 1 amide bonds. The van der Waals surface area contributed by atoms with E-state index in [2.05, 4.69) is 21.2 Å². The third-order valence-electron chi connectivity index (χ3n) is 3.81. The predicted molar refractivity (Wildman–Crippen MR) is 116 cm³/mol. The summed E-state index contributed by atoms with van der Waals surface area (Å²) in [5.41, 5.74) is 0.284. The van der Waals surface area contributed by atoms with Gasteiger partial charge in [-0.15, -0.1) is 0 Å². The first-order valence-electron chi connectivity index (χ1n) is 9.74. The summed E-state index contributed by atoms with van der Waals surface area (Å²) >= 11 is 3.39. The highest BCUT2D eigenvalue weighted by atomic mass is 79.9. The van der Waals surface area contributed by atoms with E-state index in [-0.39, 0.29) is 25.4 Å². The predicted octanol–water partition coefficient (Wildman–Crippen LogP) is 3.75. The summed E-state index contributed by atoms with van der Waals surface area (Å²) in [6.45, 7) is 5.09. The lowest BCUT2D eigenvalue weighted by molar-refractivity contribution is -0.155. The van der Waals surface area contributed by atoms with Crippen LogP contribution in [-0.4, -0.2) is 51.2 Å². The van der Waals surface area contributed by atoms with Crippen LogP contribution in [0.25, 0.3) is 0 Å². The first kappa shape index (κ1) is 26.5. The van der Waals surface area contributed by atoms with Gasteiger partial charge in [0.05, 0.1) is 18.7 Å². The molecular formula is C21H30BrNO8. The quantitative estimate of drug-likeness (QED) is 0.359. The van der Waals surface area contributed by atoms with Crippen LogP contribution in [0.5, 0.6) is 11.5 Å². The van der Waals surface area contributed by atoms with Gasteiger partial charge in [-0.25, -0.2) is 4.79 Å². The van der Waals surface area contributed by atoms with E-state index < -0.39 is 24.5 Å². The minimum absolute atomic E-state index is 0.0232. The van der Waals surface area contributed by atoms with Crippen molar-refractivity contribution in [3.05, 3.63) is 22.2 Å². The Balaban J connectivity index is 2.25. The van der Waals surface area contributed by atoms with Gasteiger partial charge >= 0.3 is 18.0 Å². The van der Waals surface area contributed by atoms with Crippen LogP contribution < -0.4 is 14.8 Å². The molecule has 0 aliphatic heterocycles. The van der Waals surface area contributed by atoms with Crippen LogP contribution in [0.4, 0.5) is 4.79 Å². The number of nitrogens with one attached hydrogen (secondary N) is 1. The van der Waals surface area contributed by atoms with Gasteiger partial charge in [-0.2, -0.15) is 0 Å². The summed E-state index contributed by atoms with van der Waals surface area (Å²) in [6.07, 6.45) is 0.183. The number of halogens is 1. The molecule has 0 aliphatic carbocycles. The lowest BCUT2D eigenvalue weighted by Crippen LogP contribution is -2.28. The Morgan fingerprint density at radius 1 is 0.968 bits per heavy atom. The molecule has 0 saturated carbocycles. The van der Waals surface area contributed by atoms with Crippen molar-refractivity contribution in [1.29, 1.82) is 0 Å². The molecule has 0 fully saturated rings. The van der Waals surface area contributed by atoms with E-state index in [0.717, 1.165) is 10.0 Å². The molecule has 0 aliphatic rings. The molecule has 0 bridgehead atoms. The van der Waals surface area contributed by atoms with Gasteiger partial charge in [0.2, 0.25) is 6.79 Å². The van der Waals surface area contributed by atoms with Crippen molar-refractivity contribution >= 4 is 34.0 Å². The van der Waals surface area contributed by atoms with Gasteiger partial charge in [-0.3, -0.25) is 9.59 Å². The minimum Gasteiger partial charge on any atom is -0.496 e. The summed E-state index contributed by atoms with van der Waals surface area (Å²) < 4.78 is 26.1. The Labute approximate surface area is 190 Å². The molecule has 9 nitrogen and oxygen atoms in total. The maximum Gasteiger partial charge on any atom is 0.410 e. The third kappa shape index (κ3) is 10.9. The van der Waals surface area contributed by atoms with Crippen LogP contribution in [0.15, 0.2) is 16.6 Å². The largest absolute Gasteiger partial charge is 0.496 e. The van der Waals surface area contributed by atoms with Gasteiger partial charge in [0.25, 0.3) is 0 Å². The summed E-state index contributed by atoms with van der Waals surface area (Å²) in [5.74, 6) is 0.360. The molecule has 10 heteroatoms. The topological polar surface area (TPSA) is 109 Å². The Kier molecular flexibility index (Phi) is 11.2. The zero-order valence-electron chi connectivity index (χ0n) is 18.5. The number of hydrogen-bond donors (Lipinski definition) is 1. The molecule has 1 aromatic carbocycles. The van der Waals surface area contributed by atoms with Gasteiger partial charge in [0, 0.05) is 19.4 Å². The number of esters is 2. The molecule has 0 heterocycles. The summed E-state index contributed by atoms with van der Waals surface area (Å²) in [4.78, 5) is 34.9. The van der Waals surface area contributed by atoms with Crippen LogP contribution in [0.3, 0.4) is 0 Å². The zero-order valence-corrected chi connectivity index (χ0v) is 20.1. The molecule has 1 N–H and O–H groups in total. The number of ether oxygens (including phenoxy) is 5. The fourth-order valence-electron chi connectivity index (χ4n) is 2.46. The maximum atomic E-state index is 11.7. The SMILES string of the molecule is COc1cc(CCNC(=O)OCOC(=O)CCCC(=O)OC(C)(C)C)c(OC)cc1Br. The lowest BCUT2D eigenvalue weighted by atomic mass is 10.1. The first-order valence-corrected chi connectivity index (χ1v) is 10.5. The van der Waals surface area contributed by atoms with Crippen molar-refractivity contribution in [3.63, 3.8) is 0 Å². The Bertz CT molecular complexity index is 760. The Hall–Kier alpha value is -2.49. The molecular weight excluding hydrogens is 474 g/mol. The zero-order chi connectivity index (χ0) is 23.4. The van der Waals surface area contributed by atoms with Gasteiger partial charge in [0.1, 0.15) is 17.1 Å². The van der Waals surface area contributed by atoms with Gasteiger partial charge in [0.15, 0.2) is 0 Å². The molecule has 174 valence electrons. The molecule has 1 aromatic rings. The molecule has 0 atom stereocenters. The molecule has 1 rings (SSSR count). The van der Waals surface area contributed by atoms with Crippen molar-refractivity contribution < 1.29 is 38.1 Å². The second kappa shape index (κ2) is 13.0. The van der Waals surface area contributed by atoms with E-state index in [1.807, 2.05) is 6.07 Å². The van der Waals surface area contributed by atoms with E-state index in [4.69, 9.17) is 23.7 Å². The van der Waals surface area contributed by atoms with Gasteiger partial charge in [-0.05, 0) is 67.2 Å². The Morgan fingerprint density at radius 2 is 1.61 bits per heavy atom.